The lowest BCUT2D eigenvalue weighted by molar-refractivity contribution is -0.302. The lowest BCUT2D eigenvalue weighted by Crippen LogP contribution is -2.57. The zero-order chi connectivity index (χ0) is 21.9. The molecular weight excluding hydrogens is 403 g/mol. The third kappa shape index (κ3) is 4.06. The van der Waals surface area contributed by atoms with Gasteiger partial charge < -0.3 is 14.6 Å². The van der Waals surface area contributed by atoms with Crippen molar-refractivity contribution >= 4 is 11.6 Å². The van der Waals surface area contributed by atoms with Gasteiger partial charge in [0, 0.05) is 0 Å². The van der Waals surface area contributed by atoms with Crippen LogP contribution < -0.4 is 9.47 Å². The molecule has 156 valence electrons. The molecule has 0 unspecified atom stereocenters. The SMILES string of the molecule is COc1ccc(C2=NN(C(=O)COc3ccc(C#N)cc3)[C@](O)(C(F)(F)F)C2)cc1. The number of benzene rings is 2. The van der Waals surface area contributed by atoms with Crippen LogP contribution in [-0.2, 0) is 4.79 Å². The summed E-state index contributed by atoms with van der Waals surface area (Å²) in [6.45, 7) is -0.788. The van der Waals surface area contributed by atoms with E-state index in [0.29, 0.717) is 16.9 Å². The number of hydrogen-bond donors (Lipinski definition) is 1. The molecule has 1 aliphatic rings. The van der Waals surface area contributed by atoms with E-state index in [1.165, 1.54) is 55.6 Å². The number of nitriles is 1. The van der Waals surface area contributed by atoms with Gasteiger partial charge in [-0.25, -0.2) is 0 Å². The summed E-state index contributed by atoms with van der Waals surface area (Å²) < 4.78 is 51.0. The lowest BCUT2D eigenvalue weighted by Gasteiger charge is -2.32. The number of rotatable bonds is 5. The summed E-state index contributed by atoms with van der Waals surface area (Å²) in [7, 11) is 1.44. The van der Waals surface area contributed by atoms with Gasteiger partial charge in [-0.2, -0.15) is 28.5 Å². The molecule has 0 spiro atoms. The van der Waals surface area contributed by atoms with E-state index < -0.39 is 30.8 Å². The normalized spacial score (nSPS) is 18.5. The molecule has 1 N–H and O–H groups in total. The number of hydrazone groups is 1. The highest BCUT2D eigenvalue weighted by Crippen LogP contribution is 2.41. The fraction of sp³-hybridized carbons (Fsp3) is 0.250. The van der Waals surface area contributed by atoms with Gasteiger partial charge in [-0.1, -0.05) is 0 Å². The zero-order valence-corrected chi connectivity index (χ0v) is 15.7. The highest BCUT2D eigenvalue weighted by atomic mass is 19.4. The molecule has 1 atom stereocenters. The summed E-state index contributed by atoms with van der Waals surface area (Å²) in [6.07, 6.45) is -6.07. The number of methoxy groups -OCH3 is 1. The van der Waals surface area contributed by atoms with Gasteiger partial charge in [0.25, 0.3) is 11.6 Å². The van der Waals surface area contributed by atoms with Gasteiger partial charge in [0.05, 0.1) is 30.9 Å². The number of nitrogens with zero attached hydrogens (tertiary/aromatic N) is 3. The quantitative estimate of drug-likeness (QED) is 0.804. The topological polar surface area (TPSA) is 95.1 Å². The van der Waals surface area contributed by atoms with E-state index in [1.807, 2.05) is 6.07 Å². The first-order chi connectivity index (χ1) is 14.2. The van der Waals surface area contributed by atoms with E-state index >= 15 is 0 Å². The Bertz CT molecular complexity index is 998. The highest BCUT2D eigenvalue weighted by Gasteiger charge is 2.63. The van der Waals surface area contributed by atoms with Crippen LogP contribution in [0.5, 0.6) is 11.5 Å². The second-order valence-corrected chi connectivity index (χ2v) is 6.40. The number of amides is 1. The van der Waals surface area contributed by atoms with Crippen molar-refractivity contribution in [2.75, 3.05) is 13.7 Å². The summed E-state index contributed by atoms with van der Waals surface area (Å²) in [5.41, 5.74) is -2.94. The Labute approximate surface area is 169 Å². The summed E-state index contributed by atoms with van der Waals surface area (Å²) in [6, 6.07) is 13.6. The molecule has 0 aromatic heterocycles. The number of ether oxygens (including phenoxy) is 2. The second-order valence-electron chi connectivity index (χ2n) is 6.40. The molecule has 3 rings (SSSR count). The van der Waals surface area contributed by atoms with E-state index in [1.54, 1.807) is 0 Å². The van der Waals surface area contributed by atoms with Gasteiger partial charge in [0.15, 0.2) is 6.61 Å². The Kier molecular flexibility index (Phi) is 5.67. The Balaban J connectivity index is 1.82. The molecule has 0 saturated heterocycles. The van der Waals surface area contributed by atoms with E-state index in [4.69, 9.17) is 14.7 Å². The third-order valence-electron chi connectivity index (χ3n) is 4.44. The molecule has 2 aromatic carbocycles. The molecule has 1 heterocycles. The molecule has 1 aliphatic heterocycles. The predicted molar refractivity (Wildman–Crippen MR) is 98.7 cm³/mol. The number of aliphatic hydroxyl groups is 1. The Hall–Kier alpha value is -3.58. The van der Waals surface area contributed by atoms with Crippen LogP contribution in [-0.4, -0.2) is 47.4 Å². The summed E-state index contributed by atoms with van der Waals surface area (Å²) in [4.78, 5) is 12.4. The van der Waals surface area contributed by atoms with Gasteiger partial charge in [0.1, 0.15) is 11.5 Å². The molecule has 0 bridgehead atoms. The van der Waals surface area contributed by atoms with Crippen molar-refractivity contribution in [1.82, 2.24) is 5.01 Å². The van der Waals surface area contributed by atoms with Crippen molar-refractivity contribution in [3.05, 3.63) is 59.7 Å². The first kappa shape index (κ1) is 21.1. The Morgan fingerprint density at radius 1 is 1.20 bits per heavy atom. The molecule has 7 nitrogen and oxygen atoms in total. The summed E-state index contributed by atoms with van der Waals surface area (Å²) in [5, 5.41) is 22.8. The van der Waals surface area contributed by atoms with Crippen molar-refractivity contribution in [3.8, 4) is 17.6 Å². The molecule has 0 saturated carbocycles. The first-order valence-electron chi connectivity index (χ1n) is 8.65. The standard InChI is InChI=1S/C20H16F3N3O4/c1-29-15-8-4-14(5-9-15)17-10-19(28,20(21,22)23)26(25-17)18(27)12-30-16-6-2-13(11-24)3-7-16/h2-9,28H,10,12H2,1H3/t19-/m1/s1. The van der Waals surface area contributed by atoms with Crippen molar-refractivity contribution in [3.63, 3.8) is 0 Å². The number of alkyl halides is 3. The molecule has 1 amide bonds. The fourth-order valence-corrected chi connectivity index (χ4v) is 2.80. The van der Waals surface area contributed by atoms with Crippen LogP contribution in [0.15, 0.2) is 53.6 Å². The summed E-state index contributed by atoms with van der Waals surface area (Å²) in [5.74, 6) is -0.508. The summed E-state index contributed by atoms with van der Waals surface area (Å²) >= 11 is 0. The van der Waals surface area contributed by atoms with Gasteiger partial charge in [-0.3, -0.25) is 4.79 Å². The minimum absolute atomic E-state index is 0.0101. The first-order valence-corrected chi connectivity index (χ1v) is 8.65. The predicted octanol–water partition coefficient (Wildman–Crippen LogP) is 2.83. The van der Waals surface area contributed by atoms with E-state index in [9.17, 15) is 23.1 Å². The fourth-order valence-electron chi connectivity index (χ4n) is 2.80. The van der Waals surface area contributed by atoms with Crippen LogP contribution in [0.25, 0.3) is 0 Å². The molecule has 0 fully saturated rings. The minimum Gasteiger partial charge on any atom is -0.497 e. The smallest absolute Gasteiger partial charge is 0.438 e. The molecule has 2 aromatic rings. The maximum atomic E-state index is 13.6. The monoisotopic (exact) mass is 419 g/mol. The van der Waals surface area contributed by atoms with Gasteiger partial charge in [0.2, 0.25) is 0 Å². The van der Waals surface area contributed by atoms with Crippen LogP contribution in [0.2, 0.25) is 0 Å². The molecule has 30 heavy (non-hydrogen) atoms. The molecule has 10 heteroatoms. The van der Waals surface area contributed by atoms with Crippen molar-refractivity contribution in [2.24, 2.45) is 5.10 Å². The third-order valence-corrected chi connectivity index (χ3v) is 4.44. The van der Waals surface area contributed by atoms with E-state index in [0.717, 1.165) is 0 Å². The van der Waals surface area contributed by atoms with Gasteiger partial charge >= 0.3 is 6.18 Å². The van der Waals surface area contributed by atoms with Crippen molar-refractivity contribution < 1.29 is 32.5 Å². The van der Waals surface area contributed by atoms with Crippen LogP contribution in [0.1, 0.15) is 17.5 Å². The van der Waals surface area contributed by atoms with E-state index in [2.05, 4.69) is 5.10 Å². The van der Waals surface area contributed by atoms with Crippen LogP contribution in [0.4, 0.5) is 13.2 Å². The number of hydrogen-bond acceptors (Lipinski definition) is 6. The molecular formula is C20H16F3N3O4. The van der Waals surface area contributed by atoms with E-state index in [-0.39, 0.29) is 16.5 Å². The maximum Gasteiger partial charge on any atom is 0.438 e. The average molecular weight is 419 g/mol. The lowest BCUT2D eigenvalue weighted by atomic mass is 10.0. The Morgan fingerprint density at radius 2 is 1.80 bits per heavy atom. The minimum atomic E-state index is -5.14. The highest BCUT2D eigenvalue weighted by molar-refractivity contribution is 6.03. The van der Waals surface area contributed by atoms with Gasteiger partial charge in [-0.15, -0.1) is 0 Å². The second kappa shape index (κ2) is 8.04. The number of carbonyl (C=O) groups excluding carboxylic acids is 1. The van der Waals surface area contributed by atoms with Crippen molar-refractivity contribution in [2.45, 2.75) is 18.3 Å². The molecule has 0 aliphatic carbocycles. The molecule has 0 radical (unpaired) electrons. The number of carbonyl (C=O) groups is 1. The van der Waals surface area contributed by atoms with Crippen molar-refractivity contribution in [1.29, 1.82) is 5.26 Å². The zero-order valence-electron chi connectivity index (χ0n) is 15.7. The average Bonchev–Trinajstić information content (AvgIpc) is 3.11. The van der Waals surface area contributed by atoms with Crippen LogP contribution in [0.3, 0.4) is 0 Å². The number of halogens is 3. The largest absolute Gasteiger partial charge is 0.497 e. The van der Waals surface area contributed by atoms with Gasteiger partial charge in [-0.05, 0) is 54.1 Å². The Morgan fingerprint density at radius 3 is 2.33 bits per heavy atom. The van der Waals surface area contributed by atoms with Crippen LogP contribution in [0, 0.1) is 11.3 Å². The van der Waals surface area contributed by atoms with Crippen LogP contribution >= 0.6 is 0 Å². The maximum absolute atomic E-state index is 13.6.